The van der Waals surface area contributed by atoms with Crippen molar-refractivity contribution in [2.75, 3.05) is 10.2 Å². The van der Waals surface area contributed by atoms with E-state index in [0.29, 0.717) is 27.9 Å². The Labute approximate surface area is 208 Å². The number of amides is 2. The number of hydrogen-bond acceptors (Lipinski definition) is 6. The third-order valence-corrected chi connectivity index (χ3v) is 7.48. The van der Waals surface area contributed by atoms with Crippen LogP contribution in [0.5, 0.6) is 0 Å². The molecular formula is C26H29N3O5S. The van der Waals surface area contributed by atoms with E-state index in [9.17, 15) is 19.5 Å². The smallest absolute Gasteiger partial charge is 0.348 e. The fourth-order valence-corrected chi connectivity index (χ4v) is 5.39. The second-order valence-corrected chi connectivity index (χ2v) is 10.3. The van der Waals surface area contributed by atoms with E-state index >= 15 is 0 Å². The van der Waals surface area contributed by atoms with Crippen LogP contribution >= 0.6 is 11.3 Å². The van der Waals surface area contributed by atoms with Gasteiger partial charge >= 0.3 is 5.97 Å². The fraction of sp³-hybridized carbons (Fsp3) is 0.385. The molecule has 3 aromatic rings. The predicted molar refractivity (Wildman–Crippen MR) is 135 cm³/mol. The third kappa shape index (κ3) is 5.45. The van der Waals surface area contributed by atoms with Crippen molar-refractivity contribution < 1.29 is 23.9 Å². The van der Waals surface area contributed by atoms with Gasteiger partial charge in [0.2, 0.25) is 5.91 Å². The summed E-state index contributed by atoms with van der Waals surface area (Å²) in [6.07, 6.45) is 6.67. The van der Waals surface area contributed by atoms with Crippen molar-refractivity contribution in [3.63, 3.8) is 0 Å². The Morgan fingerprint density at radius 2 is 1.91 bits per heavy atom. The summed E-state index contributed by atoms with van der Waals surface area (Å²) in [5, 5.41) is 12.6. The van der Waals surface area contributed by atoms with Crippen molar-refractivity contribution >= 4 is 40.6 Å². The SMILES string of the molecule is CC(C)N(c1cc(-c2ccc(NC(=O)c3ccco3)nc2)sc1C(=O)O)C(=O)[C@H]1CC[C@H](C)CC1. The lowest BCUT2D eigenvalue weighted by Gasteiger charge is -2.33. The van der Waals surface area contributed by atoms with Crippen molar-refractivity contribution in [1.82, 2.24) is 4.98 Å². The molecule has 3 aromatic heterocycles. The molecule has 1 saturated carbocycles. The number of carboxylic acid groups (broad SMARTS) is 1. The van der Waals surface area contributed by atoms with Gasteiger partial charge in [0.15, 0.2) is 5.76 Å². The van der Waals surface area contributed by atoms with Crippen LogP contribution in [-0.2, 0) is 4.79 Å². The molecular weight excluding hydrogens is 466 g/mol. The number of rotatable bonds is 7. The number of thiophene rings is 1. The van der Waals surface area contributed by atoms with Gasteiger partial charge in [-0.3, -0.25) is 9.59 Å². The second-order valence-electron chi connectivity index (χ2n) is 9.25. The Hall–Kier alpha value is -3.46. The number of nitrogens with zero attached hydrogens (tertiary/aromatic N) is 2. The summed E-state index contributed by atoms with van der Waals surface area (Å²) in [5.41, 5.74) is 1.12. The number of anilines is 2. The van der Waals surface area contributed by atoms with Gasteiger partial charge in [-0.2, -0.15) is 0 Å². The third-order valence-electron chi connectivity index (χ3n) is 6.32. The van der Waals surface area contributed by atoms with Gasteiger partial charge in [-0.15, -0.1) is 11.3 Å². The van der Waals surface area contributed by atoms with Gasteiger partial charge < -0.3 is 19.7 Å². The predicted octanol–water partition coefficient (Wildman–Crippen LogP) is 5.92. The number of hydrogen-bond donors (Lipinski definition) is 2. The molecule has 9 heteroatoms. The number of pyridine rings is 1. The number of carbonyl (C=O) groups is 3. The number of furan rings is 1. The quantitative estimate of drug-likeness (QED) is 0.421. The van der Waals surface area contributed by atoms with E-state index in [1.54, 1.807) is 41.4 Å². The van der Waals surface area contributed by atoms with Gasteiger partial charge in [-0.25, -0.2) is 9.78 Å². The second kappa shape index (κ2) is 10.4. The van der Waals surface area contributed by atoms with Gasteiger partial charge in [-0.1, -0.05) is 6.92 Å². The Morgan fingerprint density at radius 3 is 2.49 bits per heavy atom. The first-order chi connectivity index (χ1) is 16.7. The molecule has 2 N–H and O–H groups in total. The first kappa shape index (κ1) is 24.7. The van der Waals surface area contributed by atoms with Gasteiger partial charge in [0.1, 0.15) is 10.7 Å². The van der Waals surface area contributed by atoms with Crippen LogP contribution in [0.2, 0.25) is 0 Å². The fourth-order valence-electron chi connectivity index (χ4n) is 4.41. The molecule has 4 rings (SSSR count). The number of carbonyl (C=O) groups excluding carboxylic acids is 2. The summed E-state index contributed by atoms with van der Waals surface area (Å²) in [6.45, 7) is 6.02. The van der Waals surface area contributed by atoms with Gasteiger partial charge in [-0.05, 0) is 75.8 Å². The molecule has 0 spiro atoms. The molecule has 1 aliphatic rings. The molecule has 1 fully saturated rings. The summed E-state index contributed by atoms with van der Waals surface area (Å²) in [6, 6.07) is 8.16. The lowest BCUT2D eigenvalue weighted by Crippen LogP contribution is -2.42. The van der Waals surface area contributed by atoms with Crippen molar-refractivity contribution in [2.45, 2.75) is 52.5 Å². The Balaban J connectivity index is 1.59. The zero-order chi connectivity index (χ0) is 25.1. The van der Waals surface area contributed by atoms with Crippen LogP contribution in [0.1, 0.15) is 66.7 Å². The highest BCUT2D eigenvalue weighted by molar-refractivity contribution is 7.18. The van der Waals surface area contributed by atoms with Crippen molar-refractivity contribution in [3.8, 4) is 10.4 Å². The number of nitrogens with one attached hydrogen (secondary N) is 1. The topological polar surface area (TPSA) is 113 Å². The average Bonchev–Trinajstić information content (AvgIpc) is 3.51. The highest BCUT2D eigenvalue weighted by Gasteiger charge is 2.33. The van der Waals surface area contributed by atoms with Crippen molar-refractivity contribution in [3.05, 3.63) is 53.4 Å². The monoisotopic (exact) mass is 495 g/mol. The Bertz CT molecular complexity index is 1190. The van der Waals surface area contributed by atoms with E-state index < -0.39 is 11.9 Å². The van der Waals surface area contributed by atoms with E-state index in [-0.39, 0.29) is 28.5 Å². The number of aromatic nitrogens is 1. The molecule has 35 heavy (non-hydrogen) atoms. The van der Waals surface area contributed by atoms with Gasteiger partial charge in [0, 0.05) is 28.6 Å². The average molecular weight is 496 g/mol. The number of carboxylic acids is 1. The first-order valence-corrected chi connectivity index (χ1v) is 12.6. The minimum atomic E-state index is -1.07. The molecule has 0 aromatic carbocycles. The minimum Gasteiger partial charge on any atom is -0.477 e. The first-order valence-electron chi connectivity index (χ1n) is 11.8. The van der Waals surface area contributed by atoms with Crippen LogP contribution in [0.15, 0.2) is 47.2 Å². The highest BCUT2D eigenvalue weighted by atomic mass is 32.1. The van der Waals surface area contributed by atoms with Crippen LogP contribution in [0.25, 0.3) is 10.4 Å². The van der Waals surface area contributed by atoms with E-state index in [4.69, 9.17) is 4.42 Å². The van der Waals surface area contributed by atoms with Gasteiger partial charge in [0.25, 0.3) is 5.91 Å². The zero-order valence-electron chi connectivity index (χ0n) is 20.0. The normalized spacial score (nSPS) is 17.8. The van der Waals surface area contributed by atoms with E-state index in [1.807, 2.05) is 13.8 Å². The van der Waals surface area contributed by atoms with Crippen LogP contribution in [0.3, 0.4) is 0 Å². The standard InChI is InChI=1S/C26H29N3O5S/c1-15(2)29(25(31)17-8-6-16(3)7-9-17)19-13-21(35-23(19)26(32)33)18-10-11-22(27-14-18)28-24(30)20-5-4-12-34-20/h4-5,10-17H,6-9H2,1-3H3,(H,32,33)(H,27,28,30)/t16-,17-. The lowest BCUT2D eigenvalue weighted by atomic mass is 9.82. The van der Waals surface area contributed by atoms with Gasteiger partial charge in [0.05, 0.1) is 12.0 Å². The summed E-state index contributed by atoms with van der Waals surface area (Å²) < 4.78 is 5.08. The Kier molecular flexibility index (Phi) is 7.35. The largest absolute Gasteiger partial charge is 0.477 e. The summed E-state index contributed by atoms with van der Waals surface area (Å²) in [7, 11) is 0. The van der Waals surface area contributed by atoms with Crippen LogP contribution in [0.4, 0.5) is 11.5 Å². The molecule has 2 amide bonds. The summed E-state index contributed by atoms with van der Waals surface area (Å²) >= 11 is 1.11. The van der Waals surface area contributed by atoms with Crippen LogP contribution in [-0.4, -0.2) is 33.9 Å². The zero-order valence-corrected chi connectivity index (χ0v) is 20.8. The van der Waals surface area contributed by atoms with Crippen molar-refractivity contribution in [2.24, 2.45) is 11.8 Å². The summed E-state index contributed by atoms with van der Waals surface area (Å²) in [5.74, 6) is -0.433. The molecule has 0 aliphatic heterocycles. The van der Waals surface area contributed by atoms with E-state index in [0.717, 1.165) is 37.0 Å². The number of aromatic carboxylic acids is 1. The molecule has 0 saturated heterocycles. The molecule has 1 aliphatic carbocycles. The summed E-state index contributed by atoms with van der Waals surface area (Å²) in [4.78, 5) is 44.5. The molecule has 0 radical (unpaired) electrons. The van der Waals surface area contributed by atoms with E-state index in [2.05, 4.69) is 17.2 Å². The Morgan fingerprint density at radius 1 is 1.17 bits per heavy atom. The lowest BCUT2D eigenvalue weighted by molar-refractivity contribution is -0.123. The molecule has 3 heterocycles. The van der Waals surface area contributed by atoms with Crippen molar-refractivity contribution in [1.29, 1.82) is 0 Å². The maximum atomic E-state index is 13.5. The highest BCUT2D eigenvalue weighted by Crippen LogP contribution is 2.39. The molecule has 0 atom stereocenters. The molecule has 0 unspecified atom stereocenters. The van der Waals surface area contributed by atoms with E-state index in [1.165, 1.54) is 6.26 Å². The minimum absolute atomic E-state index is 0.00661. The molecule has 8 nitrogen and oxygen atoms in total. The molecule has 184 valence electrons. The maximum Gasteiger partial charge on any atom is 0.348 e. The maximum absolute atomic E-state index is 13.5. The van der Waals surface area contributed by atoms with Crippen LogP contribution < -0.4 is 10.2 Å². The van der Waals surface area contributed by atoms with Crippen LogP contribution in [0, 0.1) is 11.8 Å². The molecule has 0 bridgehead atoms.